The molecule has 1 atom stereocenters. The van der Waals surface area contributed by atoms with Gasteiger partial charge in [0.25, 0.3) is 0 Å². The van der Waals surface area contributed by atoms with Crippen LogP contribution < -0.4 is 5.32 Å². The summed E-state index contributed by atoms with van der Waals surface area (Å²) in [6, 6.07) is -0.269. The minimum atomic E-state index is -0.752. The lowest BCUT2D eigenvalue weighted by atomic mass is 10.2. The third-order valence-corrected chi connectivity index (χ3v) is 1.97. The first kappa shape index (κ1) is 14.9. The number of hydrogen-bond acceptors (Lipinski definition) is 3. The zero-order valence-electron chi connectivity index (χ0n) is 10.1. The predicted molar refractivity (Wildman–Crippen MR) is 59.2 cm³/mol. The number of nitrogens with zero attached hydrogens (tertiary/aromatic N) is 1. The minimum absolute atomic E-state index is 0.181. The van der Waals surface area contributed by atoms with Crippen LogP contribution in [0.25, 0.3) is 0 Å². The summed E-state index contributed by atoms with van der Waals surface area (Å²) in [4.78, 5) is 20.1. The van der Waals surface area contributed by atoms with Crippen LogP contribution in [0.3, 0.4) is 0 Å². The average Bonchev–Trinajstić information content (AvgIpc) is 2.50. The Hall–Kier alpha value is -1.14. The fraction of sp³-hybridized carbons (Fsp3) is 0.800. The van der Waals surface area contributed by atoms with E-state index in [-0.39, 0.29) is 12.6 Å². The van der Waals surface area contributed by atoms with Gasteiger partial charge >= 0.3 is 11.9 Å². The Morgan fingerprint density at radius 1 is 1.31 bits per heavy atom. The molecule has 0 radical (unpaired) electrons. The SMILES string of the molecule is C[N+](C)(C)CC(=O)O.O=C(O)C1CCCN1. The molecule has 1 saturated heterocycles. The van der Waals surface area contributed by atoms with Crippen LogP contribution >= 0.6 is 0 Å². The lowest BCUT2D eigenvalue weighted by molar-refractivity contribution is -0.862. The van der Waals surface area contributed by atoms with E-state index in [4.69, 9.17) is 10.2 Å². The van der Waals surface area contributed by atoms with Crippen molar-refractivity contribution >= 4 is 11.9 Å². The second-order valence-electron chi connectivity index (χ2n) is 4.83. The van der Waals surface area contributed by atoms with Crippen LogP contribution in [0.2, 0.25) is 0 Å². The van der Waals surface area contributed by atoms with Crippen LogP contribution in [0.15, 0.2) is 0 Å². The van der Waals surface area contributed by atoms with E-state index in [0.29, 0.717) is 4.48 Å². The summed E-state index contributed by atoms with van der Waals surface area (Å²) >= 11 is 0. The molecule has 0 bridgehead atoms. The molecule has 0 amide bonds. The van der Waals surface area contributed by atoms with Gasteiger partial charge < -0.3 is 20.0 Å². The van der Waals surface area contributed by atoms with Crippen molar-refractivity contribution in [2.45, 2.75) is 18.9 Å². The lowest BCUT2D eigenvalue weighted by Gasteiger charge is -2.20. The summed E-state index contributed by atoms with van der Waals surface area (Å²) in [6.07, 6.45) is 1.78. The molecule has 1 fully saturated rings. The molecule has 0 aromatic carbocycles. The highest BCUT2D eigenvalue weighted by molar-refractivity contribution is 5.73. The second kappa shape index (κ2) is 6.44. The van der Waals surface area contributed by atoms with Gasteiger partial charge in [0.1, 0.15) is 6.04 Å². The van der Waals surface area contributed by atoms with Gasteiger partial charge in [-0.1, -0.05) is 0 Å². The first-order valence-corrected chi connectivity index (χ1v) is 5.21. The van der Waals surface area contributed by atoms with Gasteiger partial charge in [0.2, 0.25) is 0 Å². The maximum Gasteiger partial charge on any atom is 0.359 e. The van der Waals surface area contributed by atoms with Crippen molar-refractivity contribution < 1.29 is 24.3 Å². The molecule has 1 aliphatic heterocycles. The number of quaternary nitrogens is 1. The summed E-state index contributed by atoms with van der Waals surface area (Å²) in [5, 5.41) is 19.4. The second-order valence-corrected chi connectivity index (χ2v) is 4.83. The number of hydrogen-bond donors (Lipinski definition) is 3. The maximum absolute atomic E-state index is 10.1. The van der Waals surface area contributed by atoms with E-state index >= 15 is 0 Å². The Balaban J connectivity index is 0.000000281. The van der Waals surface area contributed by atoms with Crippen molar-refractivity contribution in [1.82, 2.24) is 5.32 Å². The van der Waals surface area contributed by atoms with Crippen LogP contribution in [-0.4, -0.2) is 66.9 Å². The smallest absolute Gasteiger partial charge is 0.359 e. The van der Waals surface area contributed by atoms with Crippen molar-refractivity contribution in [3.63, 3.8) is 0 Å². The van der Waals surface area contributed by atoms with Gasteiger partial charge in [-0.15, -0.1) is 0 Å². The van der Waals surface area contributed by atoms with Gasteiger partial charge in [-0.05, 0) is 19.4 Å². The summed E-state index contributed by atoms with van der Waals surface area (Å²) in [7, 11) is 5.52. The third kappa shape index (κ3) is 8.19. The molecule has 16 heavy (non-hydrogen) atoms. The first-order valence-electron chi connectivity index (χ1n) is 5.21. The summed E-state index contributed by atoms with van der Waals surface area (Å²) in [5.41, 5.74) is 0. The molecule has 0 aromatic rings. The van der Waals surface area contributed by atoms with Gasteiger partial charge in [-0.3, -0.25) is 4.79 Å². The fourth-order valence-electron chi connectivity index (χ4n) is 1.30. The maximum atomic E-state index is 10.1. The Labute approximate surface area is 95.5 Å². The molecule has 0 saturated carbocycles. The molecule has 1 rings (SSSR count). The van der Waals surface area contributed by atoms with Crippen LogP contribution in [-0.2, 0) is 9.59 Å². The molecule has 1 heterocycles. The van der Waals surface area contributed by atoms with Crippen molar-refractivity contribution in [1.29, 1.82) is 0 Å². The van der Waals surface area contributed by atoms with Crippen molar-refractivity contribution in [3.8, 4) is 0 Å². The molecule has 0 aromatic heterocycles. The van der Waals surface area contributed by atoms with E-state index in [1.165, 1.54) is 0 Å². The van der Waals surface area contributed by atoms with Gasteiger partial charge in [0, 0.05) is 0 Å². The summed E-state index contributed by atoms with van der Waals surface area (Å²) < 4.78 is 0.481. The van der Waals surface area contributed by atoms with Crippen LogP contribution in [0.1, 0.15) is 12.8 Å². The summed E-state index contributed by atoms with van der Waals surface area (Å²) in [6.45, 7) is 1.04. The molecule has 0 aliphatic carbocycles. The van der Waals surface area contributed by atoms with E-state index in [9.17, 15) is 9.59 Å². The number of nitrogens with one attached hydrogen (secondary N) is 1. The quantitative estimate of drug-likeness (QED) is 0.577. The molecule has 1 aliphatic rings. The number of carbonyl (C=O) groups is 2. The van der Waals surface area contributed by atoms with E-state index < -0.39 is 11.9 Å². The molecule has 6 nitrogen and oxygen atoms in total. The Morgan fingerprint density at radius 2 is 1.88 bits per heavy atom. The van der Waals surface area contributed by atoms with Crippen LogP contribution in [0.5, 0.6) is 0 Å². The van der Waals surface area contributed by atoms with Crippen molar-refractivity contribution in [2.24, 2.45) is 0 Å². The van der Waals surface area contributed by atoms with E-state index in [1.807, 2.05) is 21.1 Å². The predicted octanol–water partition coefficient (Wildman–Crippen LogP) is -0.400. The third-order valence-electron chi connectivity index (χ3n) is 1.97. The number of carboxylic acids is 2. The molecule has 3 N–H and O–H groups in total. The number of carboxylic acid groups (broad SMARTS) is 2. The van der Waals surface area contributed by atoms with Crippen LogP contribution in [0.4, 0.5) is 0 Å². The zero-order chi connectivity index (χ0) is 12.8. The molecular formula is C10H21N2O4+. The highest BCUT2D eigenvalue weighted by Crippen LogP contribution is 2.03. The van der Waals surface area contributed by atoms with E-state index in [0.717, 1.165) is 19.4 Å². The average molecular weight is 233 g/mol. The monoisotopic (exact) mass is 233 g/mol. The number of rotatable bonds is 3. The molecule has 0 spiro atoms. The topological polar surface area (TPSA) is 86.6 Å². The number of aliphatic carboxylic acids is 2. The van der Waals surface area contributed by atoms with Crippen molar-refractivity contribution in [2.75, 3.05) is 34.2 Å². The van der Waals surface area contributed by atoms with Gasteiger partial charge in [-0.2, -0.15) is 0 Å². The Kier molecular flexibility index (Phi) is 5.98. The Morgan fingerprint density at radius 3 is 2.00 bits per heavy atom. The molecule has 6 heteroatoms. The summed E-state index contributed by atoms with van der Waals surface area (Å²) in [5.74, 6) is -1.47. The van der Waals surface area contributed by atoms with Gasteiger partial charge in [-0.25, -0.2) is 4.79 Å². The Bertz CT molecular complexity index is 242. The van der Waals surface area contributed by atoms with Gasteiger partial charge in [0.05, 0.1) is 21.1 Å². The molecular weight excluding hydrogens is 212 g/mol. The van der Waals surface area contributed by atoms with Crippen molar-refractivity contribution in [3.05, 3.63) is 0 Å². The largest absolute Gasteiger partial charge is 0.480 e. The first-order chi connectivity index (χ1) is 7.22. The standard InChI is InChI=1S/C5H9NO2.C5H11NO2/c7-5(8)4-2-1-3-6-4;1-6(2,3)4-5(7)8/h4,6H,1-3H2,(H,7,8);4H2,1-3H3/p+1. The number of likely N-dealkylation sites (N-methyl/N-ethyl adjacent to an activating group) is 1. The van der Waals surface area contributed by atoms with Gasteiger partial charge in [0.15, 0.2) is 6.54 Å². The normalized spacial score (nSPS) is 19.8. The van der Waals surface area contributed by atoms with Crippen LogP contribution in [0, 0.1) is 0 Å². The highest BCUT2D eigenvalue weighted by Gasteiger charge is 2.20. The fourth-order valence-corrected chi connectivity index (χ4v) is 1.30. The molecule has 94 valence electrons. The molecule has 1 unspecified atom stereocenters. The lowest BCUT2D eigenvalue weighted by Crippen LogP contribution is -2.39. The minimum Gasteiger partial charge on any atom is -0.480 e. The highest BCUT2D eigenvalue weighted by atomic mass is 16.4. The van der Waals surface area contributed by atoms with E-state index in [2.05, 4.69) is 5.32 Å². The zero-order valence-corrected chi connectivity index (χ0v) is 10.1. The van der Waals surface area contributed by atoms with E-state index in [1.54, 1.807) is 0 Å².